The SMILES string of the molecule is CCCNc1ncnc(NCC(C)(C)C)c1C(C)C. The third-order valence-electron chi connectivity index (χ3n) is 2.79. The summed E-state index contributed by atoms with van der Waals surface area (Å²) >= 11 is 0. The van der Waals surface area contributed by atoms with Gasteiger partial charge in [-0.1, -0.05) is 41.5 Å². The van der Waals surface area contributed by atoms with Gasteiger partial charge in [-0.25, -0.2) is 9.97 Å². The van der Waals surface area contributed by atoms with Crippen molar-refractivity contribution in [2.45, 2.75) is 53.9 Å². The molecule has 0 amide bonds. The minimum atomic E-state index is 0.232. The summed E-state index contributed by atoms with van der Waals surface area (Å²) in [4.78, 5) is 8.79. The van der Waals surface area contributed by atoms with Crippen molar-refractivity contribution in [3.05, 3.63) is 11.9 Å². The van der Waals surface area contributed by atoms with E-state index in [4.69, 9.17) is 0 Å². The maximum Gasteiger partial charge on any atom is 0.135 e. The number of hydrogen-bond donors (Lipinski definition) is 2. The van der Waals surface area contributed by atoms with Gasteiger partial charge in [0.1, 0.15) is 18.0 Å². The molecule has 0 atom stereocenters. The molecule has 0 saturated heterocycles. The standard InChI is InChI=1S/C15H28N4/c1-7-8-16-13-12(11(2)3)14(19-10-18-13)17-9-15(4,5)6/h10-11H,7-9H2,1-6H3,(H2,16,17,18,19). The number of aromatic nitrogens is 2. The van der Waals surface area contributed by atoms with E-state index in [1.807, 2.05) is 0 Å². The second kappa shape index (κ2) is 6.73. The van der Waals surface area contributed by atoms with E-state index in [2.05, 4.69) is 62.1 Å². The lowest BCUT2D eigenvalue weighted by Gasteiger charge is -2.22. The lowest BCUT2D eigenvalue weighted by molar-refractivity contribution is 0.442. The first-order valence-corrected chi connectivity index (χ1v) is 7.17. The van der Waals surface area contributed by atoms with Gasteiger partial charge in [-0.2, -0.15) is 0 Å². The van der Waals surface area contributed by atoms with Gasteiger partial charge in [0.25, 0.3) is 0 Å². The second-order valence-corrected chi connectivity index (χ2v) is 6.48. The third kappa shape index (κ3) is 5.05. The minimum Gasteiger partial charge on any atom is -0.370 e. The van der Waals surface area contributed by atoms with Crippen LogP contribution in [-0.4, -0.2) is 23.1 Å². The van der Waals surface area contributed by atoms with Gasteiger partial charge in [0.15, 0.2) is 0 Å². The van der Waals surface area contributed by atoms with E-state index < -0.39 is 0 Å². The molecular weight excluding hydrogens is 236 g/mol. The van der Waals surface area contributed by atoms with Crippen LogP contribution in [0, 0.1) is 5.41 Å². The molecule has 1 heterocycles. The largest absolute Gasteiger partial charge is 0.370 e. The van der Waals surface area contributed by atoms with Gasteiger partial charge in [-0.3, -0.25) is 0 Å². The fourth-order valence-corrected chi connectivity index (χ4v) is 1.82. The molecule has 19 heavy (non-hydrogen) atoms. The molecule has 4 heteroatoms. The number of hydrogen-bond acceptors (Lipinski definition) is 4. The predicted octanol–water partition coefficient (Wildman–Crippen LogP) is 3.88. The van der Waals surface area contributed by atoms with Crippen LogP contribution in [0.15, 0.2) is 6.33 Å². The van der Waals surface area contributed by atoms with Crippen LogP contribution in [0.3, 0.4) is 0 Å². The van der Waals surface area contributed by atoms with E-state index in [1.54, 1.807) is 6.33 Å². The number of nitrogens with one attached hydrogen (secondary N) is 2. The first-order valence-electron chi connectivity index (χ1n) is 7.17. The molecule has 4 nitrogen and oxygen atoms in total. The summed E-state index contributed by atoms with van der Waals surface area (Å²) in [5.74, 6) is 2.31. The highest BCUT2D eigenvalue weighted by atomic mass is 15.1. The van der Waals surface area contributed by atoms with Crippen molar-refractivity contribution in [2.75, 3.05) is 23.7 Å². The van der Waals surface area contributed by atoms with Crippen LogP contribution in [0.2, 0.25) is 0 Å². The summed E-state index contributed by atoms with van der Waals surface area (Å²) in [6.45, 7) is 15.0. The normalized spacial score (nSPS) is 11.7. The maximum absolute atomic E-state index is 4.41. The van der Waals surface area contributed by atoms with Crippen LogP contribution < -0.4 is 10.6 Å². The molecule has 0 unspecified atom stereocenters. The quantitative estimate of drug-likeness (QED) is 0.818. The van der Waals surface area contributed by atoms with E-state index in [1.165, 1.54) is 5.56 Å². The number of anilines is 2. The average molecular weight is 264 g/mol. The predicted molar refractivity (Wildman–Crippen MR) is 82.8 cm³/mol. The molecule has 0 spiro atoms. The highest BCUT2D eigenvalue weighted by Crippen LogP contribution is 2.29. The Morgan fingerprint density at radius 2 is 1.68 bits per heavy atom. The molecule has 0 saturated carbocycles. The summed E-state index contributed by atoms with van der Waals surface area (Å²) in [7, 11) is 0. The summed E-state index contributed by atoms with van der Waals surface area (Å²) in [6, 6.07) is 0. The Morgan fingerprint density at radius 1 is 1.11 bits per heavy atom. The monoisotopic (exact) mass is 264 g/mol. The van der Waals surface area contributed by atoms with Crippen molar-refractivity contribution in [1.82, 2.24) is 9.97 Å². The van der Waals surface area contributed by atoms with Crippen LogP contribution in [0.1, 0.15) is 59.4 Å². The van der Waals surface area contributed by atoms with Gasteiger partial charge in [-0.15, -0.1) is 0 Å². The summed E-state index contributed by atoms with van der Waals surface area (Å²) in [6.07, 6.45) is 2.72. The van der Waals surface area contributed by atoms with Crippen molar-refractivity contribution < 1.29 is 0 Å². The first kappa shape index (κ1) is 15.7. The maximum atomic E-state index is 4.41. The molecule has 0 radical (unpaired) electrons. The zero-order chi connectivity index (χ0) is 14.5. The fraction of sp³-hybridized carbons (Fsp3) is 0.733. The van der Waals surface area contributed by atoms with Crippen LogP contribution in [0.25, 0.3) is 0 Å². The first-order chi connectivity index (χ1) is 8.85. The average Bonchev–Trinajstić information content (AvgIpc) is 2.32. The van der Waals surface area contributed by atoms with Gasteiger partial charge < -0.3 is 10.6 Å². The molecule has 0 aliphatic heterocycles. The van der Waals surface area contributed by atoms with Gasteiger partial charge in [-0.05, 0) is 17.8 Å². The van der Waals surface area contributed by atoms with Crippen molar-refractivity contribution in [3.8, 4) is 0 Å². The van der Waals surface area contributed by atoms with Crippen LogP contribution in [0.5, 0.6) is 0 Å². The van der Waals surface area contributed by atoms with E-state index in [9.17, 15) is 0 Å². The van der Waals surface area contributed by atoms with Gasteiger partial charge in [0.05, 0.1) is 0 Å². The molecule has 0 bridgehead atoms. The van der Waals surface area contributed by atoms with Gasteiger partial charge in [0, 0.05) is 18.7 Å². The molecule has 0 aliphatic carbocycles. The van der Waals surface area contributed by atoms with E-state index >= 15 is 0 Å². The Hall–Kier alpha value is -1.32. The summed E-state index contributed by atoms with van der Waals surface area (Å²) < 4.78 is 0. The highest BCUT2D eigenvalue weighted by molar-refractivity contribution is 5.59. The molecule has 108 valence electrons. The summed E-state index contributed by atoms with van der Waals surface area (Å²) in [5.41, 5.74) is 1.41. The molecule has 1 aromatic rings. The molecule has 0 aliphatic rings. The van der Waals surface area contributed by atoms with E-state index in [0.717, 1.165) is 31.1 Å². The van der Waals surface area contributed by atoms with E-state index in [-0.39, 0.29) is 5.41 Å². The van der Waals surface area contributed by atoms with Crippen molar-refractivity contribution in [1.29, 1.82) is 0 Å². The highest BCUT2D eigenvalue weighted by Gasteiger charge is 2.17. The lowest BCUT2D eigenvalue weighted by Crippen LogP contribution is -2.21. The smallest absolute Gasteiger partial charge is 0.135 e. The lowest BCUT2D eigenvalue weighted by atomic mass is 9.96. The van der Waals surface area contributed by atoms with Gasteiger partial charge >= 0.3 is 0 Å². The molecule has 1 rings (SSSR count). The number of rotatable bonds is 6. The Balaban J connectivity index is 2.96. The number of nitrogens with zero attached hydrogens (tertiary/aromatic N) is 2. The second-order valence-electron chi connectivity index (χ2n) is 6.48. The topological polar surface area (TPSA) is 49.8 Å². The molecule has 2 N–H and O–H groups in total. The Kier molecular flexibility index (Phi) is 5.58. The van der Waals surface area contributed by atoms with Crippen molar-refractivity contribution in [3.63, 3.8) is 0 Å². The Morgan fingerprint density at radius 3 is 2.16 bits per heavy atom. The third-order valence-corrected chi connectivity index (χ3v) is 2.79. The molecular formula is C15H28N4. The van der Waals surface area contributed by atoms with Crippen LogP contribution in [-0.2, 0) is 0 Å². The van der Waals surface area contributed by atoms with Crippen molar-refractivity contribution >= 4 is 11.6 Å². The zero-order valence-electron chi connectivity index (χ0n) is 13.2. The van der Waals surface area contributed by atoms with Crippen LogP contribution >= 0.6 is 0 Å². The summed E-state index contributed by atoms with van der Waals surface area (Å²) in [5, 5.41) is 6.85. The van der Waals surface area contributed by atoms with Gasteiger partial charge in [0.2, 0.25) is 0 Å². The fourth-order valence-electron chi connectivity index (χ4n) is 1.82. The molecule has 0 fully saturated rings. The zero-order valence-corrected chi connectivity index (χ0v) is 13.2. The molecule has 0 aromatic carbocycles. The van der Waals surface area contributed by atoms with Crippen LogP contribution in [0.4, 0.5) is 11.6 Å². The Bertz CT molecular complexity index is 394. The van der Waals surface area contributed by atoms with E-state index in [0.29, 0.717) is 5.92 Å². The molecule has 1 aromatic heterocycles. The Labute approximate surface area is 117 Å². The minimum absolute atomic E-state index is 0.232. The van der Waals surface area contributed by atoms with Crippen molar-refractivity contribution in [2.24, 2.45) is 5.41 Å².